The number of piperazine rings is 1. The summed E-state index contributed by atoms with van der Waals surface area (Å²) in [4.78, 5) is 26.0. The van der Waals surface area contributed by atoms with E-state index in [0.717, 1.165) is 44.1 Å². The lowest BCUT2D eigenvalue weighted by Gasteiger charge is -2.34. The van der Waals surface area contributed by atoms with Crippen molar-refractivity contribution >= 4 is 22.6 Å². The third-order valence-corrected chi connectivity index (χ3v) is 5.30. The first-order valence-electron chi connectivity index (χ1n) is 9.50. The van der Waals surface area contributed by atoms with Crippen LogP contribution >= 0.6 is 0 Å². The van der Waals surface area contributed by atoms with Gasteiger partial charge in [-0.05, 0) is 17.7 Å². The molecule has 0 aliphatic carbocycles. The smallest absolute Gasteiger partial charge is 0.296 e. The zero-order valence-electron chi connectivity index (χ0n) is 15.5. The number of nitrogens with zero attached hydrogens (tertiary/aromatic N) is 6. The molecule has 7 nitrogen and oxygen atoms in total. The minimum Gasteiger partial charge on any atom is -0.297 e. The van der Waals surface area contributed by atoms with Gasteiger partial charge in [0.2, 0.25) is 0 Å². The summed E-state index contributed by atoms with van der Waals surface area (Å²) in [5.41, 5.74) is 2.64. The minimum atomic E-state index is -0.330. The molecular formula is C21H20N6O. The Morgan fingerprint density at radius 1 is 0.786 bits per heavy atom. The molecule has 5 rings (SSSR count). The van der Waals surface area contributed by atoms with Gasteiger partial charge in [0.05, 0.1) is 23.0 Å². The summed E-state index contributed by atoms with van der Waals surface area (Å²) >= 11 is 0. The highest BCUT2D eigenvalue weighted by molar-refractivity contribution is 6.11. The zero-order valence-corrected chi connectivity index (χ0v) is 15.5. The van der Waals surface area contributed by atoms with Gasteiger partial charge in [0.1, 0.15) is 5.82 Å². The van der Waals surface area contributed by atoms with E-state index in [2.05, 4.69) is 60.3 Å². The summed E-state index contributed by atoms with van der Waals surface area (Å²) in [5.74, 6) is 0.895. The Hall–Kier alpha value is -3.03. The predicted molar refractivity (Wildman–Crippen MR) is 105 cm³/mol. The van der Waals surface area contributed by atoms with Crippen molar-refractivity contribution in [3.05, 3.63) is 65.5 Å². The molecule has 0 bridgehead atoms. The van der Waals surface area contributed by atoms with Crippen LogP contribution in [0.2, 0.25) is 0 Å². The van der Waals surface area contributed by atoms with Gasteiger partial charge in [0.15, 0.2) is 5.82 Å². The number of benzene rings is 2. The molecule has 0 spiro atoms. The number of rotatable bonds is 4. The molecule has 1 saturated heterocycles. The first-order chi connectivity index (χ1) is 13.8. The molecule has 2 aliphatic rings. The molecule has 0 saturated carbocycles. The van der Waals surface area contributed by atoms with Gasteiger partial charge in [0.25, 0.3) is 5.91 Å². The lowest BCUT2D eigenvalue weighted by atomic mass is 10.1. The fourth-order valence-corrected chi connectivity index (χ4v) is 3.83. The Bertz CT molecular complexity index is 1060. The topological polar surface area (TPSA) is 74.1 Å². The van der Waals surface area contributed by atoms with E-state index in [1.807, 2.05) is 12.1 Å². The first kappa shape index (κ1) is 17.1. The molecule has 1 fully saturated rings. The molecule has 140 valence electrons. The van der Waals surface area contributed by atoms with E-state index in [4.69, 9.17) is 0 Å². The van der Waals surface area contributed by atoms with Crippen molar-refractivity contribution in [3.63, 3.8) is 0 Å². The van der Waals surface area contributed by atoms with Crippen LogP contribution in [-0.2, 0) is 13.1 Å². The van der Waals surface area contributed by atoms with Crippen LogP contribution in [0.5, 0.6) is 0 Å². The first-order valence-corrected chi connectivity index (χ1v) is 9.50. The molecule has 0 radical (unpaired) electrons. The molecule has 28 heavy (non-hydrogen) atoms. The van der Waals surface area contributed by atoms with Gasteiger partial charge in [-0.25, -0.2) is 9.97 Å². The van der Waals surface area contributed by atoms with Gasteiger partial charge < -0.3 is 0 Å². The second-order valence-electron chi connectivity index (χ2n) is 7.21. The van der Waals surface area contributed by atoms with E-state index >= 15 is 0 Å². The van der Waals surface area contributed by atoms with Crippen LogP contribution in [0.3, 0.4) is 0 Å². The van der Waals surface area contributed by atoms with Crippen molar-refractivity contribution < 1.29 is 4.79 Å². The maximum Gasteiger partial charge on any atom is 0.296 e. The fraction of sp³-hybridized carbons (Fsp3) is 0.286. The number of azo groups is 1. The highest BCUT2D eigenvalue weighted by Crippen LogP contribution is 2.31. The van der Waals surface area contributed by atoms with Crippen LogP contribution in [0.25, 0.3) is 10.9 Å². The maximum atomic E-state index is 11.9. The third kappa shape index (κ3) is 3.30. The Kier molecular flexibility index (Phi) is 4.38. The standard InChI is InChI=1S/C21H20N6O/c28-21-16-7-4-8-17-19(16)20(24-25-21)23-18(22-17)14-27-11-9-26(10-12-27)13-15-5-2-1-3-6-15/h1-8H,9-14H2. The number of hydrogen-bond donors (Lipinski definition) is 0. The number of hydrogen-bond acceptors (Lipinski definition) is 6. The highest BCUT2D eigenvalue weighted by atomic mass is 16.1. The fourth-order valence-electron chi connectivity index (χ4n) is 3.83. The number of carbonyl (C=O) groups is 1. The quantitative estimate of drug-likeness (QED) is 0.703. The van der Waals surface area contributed by atoms with Gasteiger partial charge in [-0.3, -0.25) is 14.6 Å². The third-order valence-electron chi connectivity index (χ3n) is 5.30. The highest BCUT2D eigenvalue weighted by Gasteiger charge is 2.22. The van der Waals surface area contributed by atoms with E-state index in [0.29, 0.717) is 23.3 Å². The molecule has 2 aliphatic heterocycles. The Morgan fingerprint density at radius 2 is 1.54 bits per heavy atom. The van der Waals surface area contributed by atoms with Crippen molar-refractivity contribution in [1.82, 2.24) is 19.8 Å². The van der Waals surface area contributed by atoms with E-state index in [1.165, 1.54) is 5.56 Å². The van der Waals surface area contributed by atoms with Crippen molar-refractivity contribution in [2.45, 2.75) is 13.1 Å². The monoisotopic (exact) mass is 372 g/mol. The van der Waals surface area contributed by atoms with Crippen molar-refractivity contribution in [3.8, 4) is 0 Å². The van der Waals surface area contributed by atoms with Crippen LogP contribution in [0.1, 0.15) is 21.7 Å². The average Bonchev–Trinajstić information content (AvgIpc) is 2.73. The average molecular weight is 372 g/mol. The van der Waals surface area contributed by atoms with Crippen molar-refractivity contribution in [2.75, 3.05) is 26.2 Å². The summed E-state index contributed by atoms with van der Waals surface area (Å²) in [5, 5.41) is 8.42. The largest absolute Gasteiger partial charge is 0.297 e. The molecule has 2 aromatic carbocycles. The minimum absolute atomic E-state index is 0.330. The summed E-state index contributed by atoms with van der Waals surface area (Å²) in [6.07, 6.45) is 0. The van der Waals surface area contributed by atoms with E-state index < -0.39 is 0 Å². The summed E-state index contributed by atoms with van der Waals surface area (Å²) < 4.78 is 0. The molecule has 1 amide bonds. The van der Waals surface area contributed by atoms with Gasteiger partial charge >= 0.3 is 0 Å². The molecule has 0 atom stereocenters. The molecule has 3 aromatic rings. The summed E-state index contributed by atoms with van der Waals surface area (Å²) in [6.45, 7) is 5.66. The van der Waals surface area contributed by atoms with Crippen LogP contribution in [-0.4, -0.2) is 51.9 Å². The lowest BCUT2D eigenvalue weighted by Crippen LogP contribution is -2.45. The van der Waals surface area contributed by atoms with E-state index in [1.54, 1.807) is 6.07 Å². The second kappa shape index (κ2) is 7.18. The van der Waals surface area contributed by atoms with E-state index in [-0.39, 0.29) is 5.91 Å². The van der Waals surface area contributed by atoms with Gasteiger partial charge in [-0.2, -0.15) is 0 Å². The number of aromatic nitrogens is 2. The number of carbonyl (C=O) groups excluding carboxylic acids is 1. The SMILES string of the molecule is O=C1N=Nc2nc(CN3CCN(Cc4ccccc4)CC3)nc3cccc1c23. The molecule has 0 N–H and O–H groups in total. The van der Waals surface area contributed by atoms with Gasteiger partial charge in [0, 0.05) is 32.7 Å². The van der Waals surface area contributed by atoms with Gasteiger partial charge in [-0.15, -0.1) is 10.2 Å². The summed E-state index contributed by atoms with van der Waals surface area (Å²) in [6, 6.07) is 16.1. The lowest BCUT2D eigenvalue weighted by molar-refractivity contribution is 0.0995. The van der Waals surface area contributed by atoms with Crippen LogP contribution in [0.4, 0.5) is 5.82 Å². The predicted octanol–water partition coefficient (Wildman–Crippen LogP) is 3.19. The van der Waals surface area contributed by atoms with Crippen LogP contribution in [0, 0.1) is 0 Å². The van der Waals surface area contributed by atoms with Crippen molar-refractivity contribution in [2.24, 2.45) is 10.2 Å². The zero-order chi connectivity index (χ0) is 18.9. The second-order valence-corrected chi connectivity index (χ2v) is 7.21. The van der Waals surface area contributed by atoms with Crippen molar-refractivity contribution in [1.29, 1.82) is 0 Å². The normalized spacial score (nSPS) is 17.4. The maximum absolute atomic E-state index is 11.9. The Labute approximate surface area is 162 Å². The molecule has 3 heterocycles. The molecular weight excluding hydrogens is 352 g/mol. The van der Waals surface area contributed by atoms with Crippen LogP contribution < -0.4 is 0 Å². The van der Waals surface area contributed by atoms with Crippen LogP contribution in [0.15, 0.2) is 58.8 Å². The molecule has 1 aromatic heterocycles. The summed E-state index contributed by atoms with van der Waals surface area (Å²) in [7, 11) is 0. The molecule has 7 heteroatoms. The Balaban J connectivity index is 1.28. The number of amides is 1. The molecule has 0 unspecified atom stereocenters. The Morgan fingerprint density at radius 3 is 2.32 bits per heavy atom. The van der Waals surface area contributed by atoms with Gasteiger partial charge in [-0.1, -0.05) is 36.4 Å². The van der Waals surface area contributed by atoms with E-state index in [9.17, 15) is 4.79 Å².